The van der Waals surface area contributed by atoms with Gasteiger partial charge in [-0.05, 0) is 104 Å². The van der Waals surface area contributed by atoms with E-state index in [0.29, 0.717) is 12.5 Å². The summed E-state index contributed by atoms with van der Waals surface area (Å²) in [7, 11) is 0. The van der Waals surface area contributed by atoms with Crippen molar-refractivity contribution in [2.24, 2.45) is 23.7 Å². The van der Waals surface area contributed by atoms with Gasteiger partial charge in [0.1, 0.15) is 5.75 Å². The summed E-state index contributed by atoms with van der Waals surface area (Å²) in [6.45, 7) is 10.5. The number of fused-ring (bicyclic) bond motifs is 2. The van der Waals surface area contributed by atoms with E-state index in [2.05, 4.69) is 47.7 Å². The normalized spacial score (nSPS) is 31.7. The van der Waals surface area contributed by atoms with Crippen molar-refractivity contribution in [1.29, 1.82) is 0 Å². The second-order valence-electron chi connectivity index (χ2n) is 12.3. The maximum atomic E-state index is 13.0. The fraction of sp³-hybridized carbons (Fsp3) is 0.545. The number of halogens is 1. The number of hydrogen-bond acceptors (Lipinski definition) is 5. The smallest absolute Gasteiger partial charge is 0.233 e. The van der Waals surface area contributed by atoms with E-state index >= 15 is 0 Å². The number of amides is 1. The summed E-state index contributed by atoms with van der Waals surface area (Å²) in [5.41, 5.74) is 2.78. The number of rotatable bonds is 3. The molecule has 5 nitrogen and oxygen atoms in total. The summed E-state index contributed by atoms with van der Waals surface area (Å²) in [6.07, 6.45) is 8.98. The molecule has 1 saturated carbocycles. The Hall–Kier alpha value is -2.15. The number of nitrogens with zero attached hydrogens (tertiary/aromatic N) is 1. The quantitative estimate of drug-likeness (QED) is 0.291. The molecule has 7 heteroatoms. The Balaban J connectivity index is 1.51. The highest BCUT2D eigenvalue weighted by atomic mass is 35.5. The molecule has 2 aromatic carbocycles. The van der Waals surface area contributed by atoms with E-state index in [1.165, 1.54) is 23.1 Å². The van der Waals surface area contributed by atoms with Crippen LogP contribution in [0.15, 0.2) is 53.4 Å². The molecule has 0 spiro atoms. The van der Waals surface area contributed by atoms with E-state index in [-0.39, 0.29) is 29.6 Å². The van der Waals surface area contributed by atoms with Crippen molar-refractivity contribution in [3.63, 3.8) is 0 Å². The van der Waals surface area contributed by atoms with Crippen molar-refractivity contribution < 1.29 is 14.6 Å². The molecule has 2 aliphatic heterocycles. The lowest BCUT2D eigenvalue weighted by molar-refractivity contribution is -0.123. The van der Waals surface area contributed by atoms with Crippen LogP contribution in [-0.4, -0.2) is 36.3 Å². The SMILES string of the molecule is CCCc1cc(Cl)ccc1C1COc2ccc3cc2N(C1)CC1CCC1[C@@](C)(O)/C=C/CC(C)C(C)C(=O)NS3. The Kier molecular flexibility index (Phi) is 9.08. The molecule has 3 aliphatic rings. The summed E-state index contributed by atoms with van der Waals surface area (Å²) >= 11 is 7.78. The van der Waals surface area contributed by atoms with Crippen molar-refractivity contribution in [2.45, 2.75) is 76.2 Å². The molecule has 1 aliphatic carbocycles. The molecule has 5 unspecified atom stereocenters. The van der Waals surface area contributed by atoms with E-state index in [4.69, 9.17) is 16.3 Å². The minimum absolute atomic E-state index is 0.0260. The van der Waals surface area contributed by atoms with Crippen LogP contribution in [0.1, 0.15) is 70.4 Å². The minimum Gasteiger partial charge on any atom is -0.491 e. The van der Waals surface area contributed by atoms with Gasteiger partial charge in [-0.25, -0.2) is 0 Å². The van der Waals surface area contributed by atoms with Crippen LogP contribution in [0.4, 0.5) is 5.69 Å². The van der Waals surface area contributed by atoms with Crippen molar-refractivity contribution >= 4 is 35.1 Å². The number of carbonyl (C=O) groups excluding carboxylic acids is 1. The van der Waals surface area contributed by atoms with Crippen LogP contribution in [-0.2, 0) is 11.2 Å². The molecule has 2 bridgehead atoms. The van der Waals surface area contributed by atoms with Gasteiger partial charge >= 0.3 is 0 Å². The molecule has 1 fully saturated rings. The molecule has 40 heavy (non-hydrogen) atoms. The summed E-state index contributed by atoms with van der Waals surface area (Å²) in [4.78, 5) is 16.4. The van der Waals surface area contributed by atoms with Gasteiger partial charge in [0.05, 0.1) is 17.9 Å². The van der Waals surface area contributed by atoms with E-state index in [0.717, 1.165) is 66.5 Å². The maximum Gasteiger partial charge on any atom is 0.233 e. The highest BCUT2D eigenvalue weighted by Gasteiger charge is 2.43. The van der Waals surface area contributed by atoms with Gasteiger partial charge in [-0.2, -0.15) is 0 Å². The molecule has 5 rings (SSSR count). The molecule has 2 aromatic rings. The third kappa shape index (κ3) is 6.34. The van der Waals surface area contributed by atoms with E-state index in [9.17, 15) is 9.90 Å². The molecule has 2 heterocycles. The summed E-state index contributed by atoms with van der Waals surface area (Å²) in [5.74, 6) is 1.71. The van der Waals surface area contributed by atoms with Crippen LogP contribution >= 0.6 is 23.5 Å². The van der Waals surface area contributed by atoms with Crippen LogP contribution in [0.2, 0.25) is 5.02 Å². The predicted molar refractivity (Wildman–Crippen MR) is 165 cm³/mol. The molecule has 0 saturated heterocycles. The van der Waals surface area contributed by atoms with Crippen LogP contribution in [0.3, 0.4) is 0 Å². The molecule has 0 aromatic heterocycles. The maximum absolute atomic E-state index is 13.0. The van der Waals surface area contributed by atoms with Crippen LogP contribution in [0.25, 0.3) is 0 Å². The van der Waals surface area contributed by atoms with Crippen molar-refractivity contribution in [3.05, 3.63) is 64.7 Å². The number of anilines is 1. The van der Waals surface area contributed by atoms with Crippen molar-refractivity contribution in [2.75, 3.05) is 24.6 Å². The summed E-state index contributed by atoms with van der Waals surface area (Å²) < 4.78 is 9.56. The third-order valence-corrected chi connectivity index (χ3v) is 10.4. The molecule has 0 radical (unpaired) electrons. The fourth-order valence-corrected chi connectivity index (χ4v) is 7.41. The summed E-state index contributed by atoms with van der Waals surface area (Å²) in [6, 6.07) is 12.5. The second kappa shape index (κ2) is 12.4. The first-order valence-electron chi connectivity index (χ1n) is 14.8. The second-order valence-corrected chi connectivity index (χ2v) is 13.6. The number of nitrogens with one attached hydrogen (secondary N) is 1. The van der Waals surface area contributed by atoms with Crippen LogP contribution in [0.5, 0.6) is 5.75 Å². The van der Waals surface area contributed by atoms with Crippen molar-refractivity contribution in [3.8, 4) is 5.75 Å². The topological polar surface area (TPSA) is 61.8 Å². The zero-order valence-electron chi connectivity index (χ0n) is 24.2. The molecule has 1 amide bonds. The number of ether oxygens (including phenoxy) is 1. The number of aryl methyl sites for hydroxylation is 1. The van der Waals surface area contributed by atoms with Gasteiger partial charge < -0.3 is 14.7 Å². The molecule has 216 valence electrons. The van der Waals surface area contributed by atoms with E-state index in [1.54, 1.807) is 0 Å². The monoisotopic (exact) mass is 582 g/mol. The average molecular weight is 583 g/mol. The first-order valence-corrected chi connectivity index (χ1v) is 16.0. The third-order valence-electron chi connectivity index (χ3n) is 9.34. The Bertz CT molecular complexity index is 1250. The lowest BCUT2D eigenvalue weighted by Crippen LogP contribution is -2.48. The Morgan fingerprint density at radius 3 is 2.75 bits per heavy atom. The van der Waals surface area contributed by atoms with Crippen LogP contribution < -0.4 is 14.4 Å². The molecular weight excluding hydrogens is 540 g/mol. The molecule has 6 atom stereocenters. The number of carbonyl (C=O) groups is 1. The first kappa shape index (κ1) is 29.3. The van der Waals surface area contributed by atoms with Gasteiger partial charge in [0, 0.05) is 34.8 Å². The Morgan fingerprint density at radius 2 is 2.00 bits per heavy atom. The van der Waals surface area contributed by atoms with Gasteiger partial charge in [0.2, 0.25) is 5.91 Å². The number of benzene rings is 2. The zero-order valence-corrected chi connectivity index (χ0v) is 25.7. The van der Waals surface area contributed by atoms with E-state index < -0.39 is 5.60 Å². The Labute approximate surface area is 248 Å². The predicted octanol–water partition coefficient (Wildman–Crippen LogP) is 7.41. The van der Waals surface area contributed by atoms with Gasteiger partial charge in [-0.1, -0.05) is 57.0 Å². The zero-order chi connectivity index (χ0) is 28.4. The number of hydrogen-bond donors (Lipinski definition) is 2. The molecule has 2 N–H and O–H groups in total. The van der Waals surface area contributed by atoms with E-state index in [1.807, 2.05) is 38.1 Å². The lowest BCUT2D eigenvalue weighted by atomic mass is 9.65. The van der Waals surface area contributed by atoms with Gasteiger partial charge in [0.15, 0.2) is 0 Å². The Morgan fingerprint density at radius 1 is 1.18 bits per heavy atom. The highest BCUT2D eigenvalue weighted by molar-refractivity contribution is 7.98. The highest BCUT2D eigenvalue weighted by Crippen LogP contribution is 2.46. The molecular formula is C33H43ClN2O3S. The number of aliphatic hydroxyl groups is 1. The fourth-order valence-electron chi connectivity index (χ4n) is 6.51. The van der Waals surface area contributed by atoms with Gasteiger partial charge in [-0.3, -0.25) is 9.52 Å². The van der Waals surface area contributed by atoms with Gasteiger partial charge in [0.25, 0.3) is 0 Å². The van der Waals surface area contributed by atoms with Gasteiger partial charge in [-0.15, -0.1) is 0 Å². The minimum atomic E-state index is -0.877. The standard InChI is InChI=1S/C33H43ClN2O3S/c1-5-7-23-16-26(34)10-12-28(23)25-19-36-18-24-9-13-29(24)33(4,38)15-6-8-21(2)22(3)32(37)35-40-27-11-14-31(39-20-25)30(36)17-27/h6,10-12,14-17,21-22,24-25,29,38H,5,7-9,13,18-20H2,1-4H3,(H,35,37)/b15-6+/t21?,22?,24?,25?,29?,33-/m0/s1. The number of allylic oxidation sites excluding steroid dienone is 1. The van der Waals surface area contributed by atoms with Crippen LogP contribution in [0, 0.1) is 23.7 Å². The average Bonchev–Trinajstić information content (AvgIpc) is 3.07. The van der Waals surface area contributed by atoms with Crippen molar-refractivity contribution in [1.82, 2.24) is 4.72 Å². The first-order chi connectivity index (χ1) is 19.2. The largest absolute Gasteiger partial charge is 0.491 e. The summed E-state index contributed by atoms with van der Waals surface area (Å²) in [5, 5.41) is 12.3. The lowest BCUT2D eigenvalue weighted by Gasteiger charge is -2.47.